The molecule has 0 aliphatic carbocycles. The second-order valence-corrected chi connectivity index (χ2v) is 8.14. The van der Waals surface area contributed by atoms with Crippen molar-refractivity contribution >= 4 is 0 Å². The first-order chi connectivity index (χ1) is 12.7. The normalized spacial score (nSPS) is 13.1. The lowest BCUT2D eigenvalue weighted by Gasteiger charge is -2.15. The Kier molecular flexibility index (Phi) is 20.7. The van der Waals surface area contributed by atoms with E-state index in [1.807, 2.05) is 0 Å². The number of allylic oxidation sites excluding steroid dienone is 1. The maximum atomic E-state index is 10.1. The van der Waals surface area contributed by atoms with Crippen LogP contribution >= 0.6 is 0 Å². The average molecular weight is 368 g/mol. The highest BCUT2D eigenvalue weighted by atomic mass is 16.3. The summed E-state index contributed by atoms with van der Waals surface area (Å²) in [5, 5.41) is 10.1. The number of rotatable bonds is 20. The van der Waals surface area contributed by atoms with Crippen LogP contribution in [0.5, 0.6) is 0 Å². The minimum atomic E-state index is -0.135. The van der Waals surface area contributed by atoms with Crippen LogP contribution < -0.4 is 5.73 Å². The van der Waals surface area contributed by atoms with Crippen LogP contribution in [0.2, 0.25) is 0 Å². The van der Waals surface area contributed by atoms with Crippen molar-refractivity contribution in [3.05, 3.63) is 12.2 Å². The minimum absolute atomic E-state index is 0.135. The molecule has 26 heavy (non-hydrogen) atoms. The van der Waals surface area contributed by atoms with Crippen LogP contribution in [0.25, 0.3) is 0 Å². The number of aliphatic hydroxyl groups excluding tert-OH is 1. The molecule has 0 saturated heterocycles. The number of aliphatic hydroxyl groups is 1. The third-order valence-electron chi connectivity index (χ3n) is 5.44. The lowest BCUT2D eigenvalue weighted by atomic mass is 9.92. The van der Waals surface area contributed by atoms with E-state index in [1.54, 1.807) is 0 Å². The maximum absolute atomic E-state index is 10.1. The van der Waals surface area contributed by atoms with E-state index in [2.05, 4.69) is 26.0 Å². The van der Waals surface area contributed by atoms with Gasteiger partial charge in [0, 0.05) is 0 Å². The van der Waals surface area contributed by atoms with Gasteiger partial charge in [0.1, 0.15) is 0 Å². The zero-order valence-electron chi connectivity index (χ0n) is 18.1. The van der Waals surface area contributed by atoms with E-state index >= 15 is 0 Å². The van der Waals surface area contributed by atoms with E-state index < -0.39 is 0 Å². The first-order valence-corrected chi connectivity index (χ1v) is 11.8. The molecule has 3 N–H and O–H groups in total. The molecule has 2 nitrogen and oxygen atoms in total. The van der Waals surface area contributed by atoms with Gasteiger partial charge in [-0.3, -0.25) is 0 Å². The van der Waals surface area contributed by atoms with Crippen molar-refractivity contribution in [3.8, 4) is 0 Å². The predicted molar refractivity (Wildman–Crippen MR) is 118 cm³/mol. The van der Waals surface area contributed by atoms with E-state index in [4.69, 9.17) is 5.73 Å². The van der Waals surface area contributed by atoms with Gasteiger partial charge >= 0.3 is 0 Å². The van der Waals surface area contributed by atoms with Gasteiger partial charge in [-0.05, 0) is 44.6 Å². The monoisotopic (exact) mass is 367 g/mol. The summed E-state index contributed by atoms with van der Waals surface area (Å²) in [6.07, 6.45) is 25.7. The van der Waals surface area contributed by atoms with Crippen LogP contribution in [0.1, 0.15) is 123 Å². The molecule has 2 heteroatoms. The van der Waals surface area contributed by atoms with E-state index in [0.29, 0.717) is 0 Å². The lowest BCUT2D eigenvalue weighted by Crippen LogP contribution is -2.05. The average Bonchev–Trinajstić information content (AvgIpc) is 2.63. The summed E-state index contributed by atoms with van der Waals surface area (Å²) in [6, 6.07) is 0. The molecule has 0 aromatic heterocycles. The molecule has 156 valence electrons. The summed E-state index contributed by atoms with van der Waals surface area (Å²) in [5.74, 6) is 0.943. The highest BCUT2D eigenvalue weighted by molar-refractivity contribution is 4.84. The molecule has 0 bridgehead atoms. The van der Waals surface area contributed by atoms with Crippen molar-refractivity contribution in [3.63, 3.8) is 0 Å². The summed E-state index contributed by atoms with van der Waals surface area (Å²) >= 11 is 0. The van der Waals surface area contributed by atoms with Gasteiger partial charge in [0.25, 0.3) is 0 Å². The molecule has 0 aromatic carbocycles. The molecule has 0 heterocycles. The van der Waals surface area contributed by atoms with Crippen LogP contribution in [0.3, 0.4) is 0 Å². The molecule has 1 atom stereocenters. The highest BCUT2D eigenvalue weighted by Gasteiger charge is 2.07. The summed E-state index contributed by atoms with van der Waals surface area (Å²) < 4.78 is 0. The van der Waals surface area contributed by atoms with E-state index in [-0.39, 0.29) is 6.10 Å². The number of unbranched alkanes of at least 4 members (excludes halogenated alkanes) is 8. The Morgan fingerprint density at radius 3 is 1.92 bits per heavy atom. The van der Waals surface area contributed by atoms with Crippen LogP contribution in [-0.4, -0.2) is 17.8 Å². The Hall–Kier alpha value is -0.340. The zero-order chi connectivity index (χ0) is 19.3. The van der Waals surface area contributed by atoms with Crippen molar-refractivity contribution in [2.24, 2.45) is 11.7 Å². The topological polar surface area (TPSA) is 46.2 Å². The fourth-order valence-electron chi connectivity index (χ4n) is 3.84. The molecule has 0 aliphatic heterocycles. The Morgan fingerprint density at radius 2 is 1.27 bits per heavy atom. The first-order valence-electron chi connectivity index (χ1n) is 11.8. The summed E-state index contributed by atoms with van der Waals surface area (Å²) in [6.45, 7) is 5.44. The van der Waals surface area contributed by atoms with Gasteiger partial charge in [-0.1, -0.05) is 103 Å². The van der Waals surface area contributed by atoms with E-state index in [9.17, 15) is 5.11 Å². The fraction of sp³-hybridized carbons (Fsp3) is 0.917. The number of hydrogen-bond acceptors (Lipinski definition) is 2. The second-order valence-electron chi connectivity index (χ2n) is 8.14. The molecule has 0 aliphatic rings. The lowest BCUT2D eigenvalue weighted by molar-refractivity contribution is 0.163. The van der Waals surface area contributed by atoms with Gasteiger partial charge in [-0.15, -0.1) is 0 Å². The first kappa shape index (κ1) is 25.7. The molecule has 0 spiro atoms. The second kappa shape index (κ2) is 21.0. The van der Waals surface area contributed by atoms with Gasteiger partial charge in [-0.25, -0.2) is 0 Å². The van der Waals surface area contributed by atoms with Crippen molar-refractivity contribution < 1.29 is 5.11 Å². The Bertz CT molecular complexity index is 284. The molecule has 0 rings (SSSR count). The fourth-order valence-corrected chi connectivity index (χ4v) is 3.84. The molecular weight excluding hydrogens is 318 g/mol. The quantitative estimate of drug-likeness (QED) is 0.177. The van der Waals surface area contributed by atoms with Gasteiger partial charge in [0.05, 0.1) is 6.10 Å². The Morgan fingerprint density at radius 1 is 0.692 bits per heavy atom. The summed E-state index contributed by atoms with van der Waals surface area (Å²) in [4.78, 5) is 0. The smallest absolute Gasteiger partial charge is 0.0574 e. The van der Waals surface area contributed by atoms with Crippen molar-refractivity contribution in [1.82, 2.24) is 0 Å². The summed E-state index contributed by atoms with van der Waals surface area (Å²) in [7, 11) is 0. The molecule has 0 amide bonds. The largest absolute Gasteiger partial charge is 0.393 e. The third-order valence-corrected chi connectivity index (χ3v) is 5.44. The molecule has 0 saturated carbocycles. The van der Waals surface area contributed by atoms with Crippen LogP contribution in [0.15, 0.2) is 12.2 Å². The molecule has 0 unspecified atom stereocenters. The molecular formula is C24H49NO. The van der Waals surface area contributed by atoms with Gasteiger partial charge < -0.3 is 10.8 Å². The van der Waals surface area contributed by atoms with E-state index in [1.165, 1.54) is 96.3 Å². The minimum Gasteiger partial charge on any atom is -0.393 e. The molecule has 0 aromatic rings. The maximum Gasteiger partial charge on any atom is 0.0574 e. The van der Waals surface area contributed by atoms with Crippen LogP contribution in [0.4, 0.5) is 0 Å². The van der Waals surface area contributed by atoms with Gasteiger partial charge in [0.15, 0.2) is 0 Å². The predicted octanol–water partition coefficient (Wildman–Crippen LogP) is 7.15. The van der Waals surface area contributed by atoms with Crippen molar-refractivity contribution in [2.45, 2.75) is 129 Å². The zero-order valence-corrected chi connectivity index (χ0v) is 18.1. The Labute approximate surface area is 165 Å². The standard InChI is InChI=1S/C24H49NO/c1-3-17-23(18-4-2)19-13-12-15-21-24(26)20-14-10-8-6-5-7-9-11-16-22-25/h10,14,23-24,26H,3-9,11-13,15-22,25H2,1-2H3/b14-10-/t24-/m0/s1. The van der Waals surface area contributed by atoms with Crippen LogP contribution in [-0.2, 0) is 0 Å². The summed E-state index contributed by atoms with van der Waals surface area (Å²) in [5.41, 5.74) is 5.50. The molecule has 0 fully saturated rings. The Balaban J connectivity index is 3.43. The number of nitrogens with two attached hydrogens (primary N) is 1. The van der Waals surface area contributed by atoms with Crippen molar-refractivity contribution in [1.29, 1.82) is 0 Å². The number of hydrogen-bond donors (Lipinski definition) is 2. The third kappa shape index (κ3) is 18.5. The van der Waals surface area contributed by atoms with Crippen molar-refractivity contribution in [2.75, 3.05) is 6.54 Å². The van der Waals surface area contributed by atoms with Gasteiger partial charge in [0.2, 0.25) is 0 Å². The molecule has 0 radical (unpaired) electrons. The van der Waals surface area contributed by atoms with E-state index in [0.717, 1.165) is 25.3 Å². The highest BCUT2D eigenvalue weighted by Crippen LogP contribution is 2.21. The SMILES string of the molecule is CCCC(CCC)CCCCC[C@@H](O)C/C=C\CCCCCCCCN. The van der Waals surface area contributed by atoms with Crippen LogP contribution in [0, 0.1) is 5.92 Å². The van der Waals surface area contributed by atoms with Gasteiger partial charge in [-0.2, -0.15) is 0 Å².